The molecular formula is C24H27ClN4O2. The molecule has 0 radical (unpaired) electrons. The number of fused-ring (bicyclic) bond motifs is 1. The summed E-state index contributed by atoms with van der Waals surface area (Å²) in [6.07, 6.45) is 2.42. The molecule has 7 heteroatoms. The first kappa shape index (κ1) is 21.4. The molecule has 162 valence electrons. The van der Waals surface area contributed by atoms with E-state index in [1.54, 1.807) is 0 Å². The largest absolute Gasteiger partial charge is 0.475 e. The second-order valence-electron chi connectivity index (χ2n) is 7.76. The second kappa shape index (κ2) is 9.96. The third-order valence-corrected chi connectivity index (χ3v) is 5.91. The molecule has 0 atom stereocenters. The van der Waals surface area contributed by atoms with E-state index in [4.69, 9.17) is 26.3 Å². The standard InChI is InChI=1S/C24H27ClN4O2/c1-2-15-31-24-22(27-20-9-5-6-10-21(20)28-24)29-13-11-17(12-14-29)23(30)26-16-18-7-3-4-8-19(18)25/h3-10,17H,2,11-16H2,1H3,(H,26,30). The maximum Gasteiger partial charge on any atom is 0.258 e. The van der Waals surface area contributed by atoms with E-state index in [-0.39, 0.29) is 11.8 Å². The van der Waals surface area contributed by atoms with Crippen molar-refractivity contribution in [2.24, 2.45) is 5.92 Å². The Kier molecular flexibility index (Phi) is 6.87. The molecule has 0 aliphatic carbocycles. The summed E-state index contributed by atoms with van der Waals surface area (Å²) in [7, 11) is 0. The summed E-state index contributed by atoms with van der Waals surface area (Å²) in [4.78, 5) is 24.4. The number of nitrogens with one attached hydrogen (secondary N) is 1. The number of piperidine rings is 1. The number of hydrogen-bond donors (Lipinski definition) is 1. The van der Waals surface area contributed by atoms with Gasteiger partial charge in [-0.15, -0.1) is 0 Å². The molecule has 1 aliphatic heterocycles. The first-order chi connectivity index (χ1) is 15.2. The van der Waals surface area contributed by atoms with Crippen LogP contribution in [-0.2, 0) is 11.3 Å². The van der Waals surface area contributed by atoms with Crippen molar-refractivity contribution in [2.45, 2.75) is 32.7 Å². The minimum absolute atomic E-state index is 0.0211. The van der Waals surface area contributed by atoms with Crippen LogP contribution in [-0.4, -0.2) is 35.6 Å². The molecule has 4 rings (SSSR count). The summed E-state index contributed by atoms with van der Waals surface area (Å²) < 4.78 is 5.91. The summed E-state index contributed by atoms with van der Waals surface area (Å²) in [5, 5.41) is 3.71. The number of hydrogen-bond acceptors (Lipinski definition) is 5. The Morgan fingerprint density at radius 3 is 2.48 bits per heavy atom. The van der Waals surface area contributed by atoms with Crippen LogP contribution in [0.4, 0.5) is 5.82 Å². The molecule has 1 N–H and O–H groups in total. The molecule has 1 aliphatic rings. The molecule has 31 heavy (non-hydrogen) atoms. The number of amides is 1. The minimum Gasteiger partial charge on any atom is -0.475 e. The van der Waals surface area contributed by atoms with Crippen molar-refractivity contribution in [3.63, 3.8) is 0 Å². The van der Waals surface area contributed by atoms with Gasteiger partial charge in [0.25, 0.3) is 5.88 Å². The Hall–Kier alpha value is -2.86. The molecule has 1 saturated heterocycles. The highest BCUT2D eigenvalue weighted by Gasteiger charge is 2.28. The smallest absolute Gasteiger partial charge is 0.258 e. The number of para-hydroxylation sites is 2. The predicted octanol–water partition coefficient (Wildman–Crippen LogP) is 4.60. The fourth-order valence-corrected chi connectivity index (χ4v) is 4.00. The van der Waals surface area contributed by atoms with Crippen molar-refractivity contribution in [3.05, 3.63) is 59.1 Å². The Labute approximate surface area is 187 Å². The number of carbonyl (C=O) groups excluding carboxylic acids is 1. The monoisotopic (exact) mass is 438 g/mol. The lowest BCUT2D eigenvalue weighted by molar-refractivity contribution is -0.125. The van der Waals surface area contributed by atoms with Gasteiger partial charge in [0.05, 0.1) is 17.6 Å². The fraction of sp³-hybridized carbons (Fsp3) is 0.375. The minimum atomic E-state index is -0.0211. The zero-order valence-corrected chi connectivity index (χ0v) is 18.4. The first-order valence-corrected chi connectivity index (χ1v) is 11.2. The van der Waals surface area contributed by atoms with E-state index in [1.807, 2.05) is 48.5 Å². The van der Waals surface area contributed by atoms with E-state index in [0.717, 1.165) is 54.8 Å². The maximum atomic E-state index is 12.7. The van der Waals surface area contributed by atoms with E-state index >= 15 is 0 Å². The number of anilines is 1. The molecule has 1 amide bonds. The maximum absolute atomic E-state index is 12.7. The Balaban J connectivity index is 1.41. The van der Waals surface area contributed by atoms with Crippen molar-refractivity contribution in [3.8, 4) is 5.88 Å². The van der Waals surface area contributed by atoms with Crippen molar-refractivity contribution in [1.82, 2.24) is 15.3 Å². The van der Waals surface area contributed by atoms with E-state index in [1.165, 1.54) is 0 Å². The van der Waals surface area contributed by atoms with Crippen LogP contribution in [0.1, 0.15) is 31.7 Å². The molecule has 0 spiro atoms. The van der Waals surface area contributed by atoms with Crippen LogP contribution in [0.2, 0.25) is 5.02 Å². The highest BCUT2D eigenvalue weighted by Crippen LogP contribution is 2.30. The lowest BCUT2D eigenvalue weighted by atomic mass is 9.96. The van der Waals surface area contributed by atoms with Crippen molar-refractivity contribution in [1.29, 1.82) is 0 Å². The Morgan fingerprint density at radius 2 is 1.77 bits per heavy atom. The number of aromatic nitrogens is 2. The quantitative estimate of drug-likeness (QED) is 0.583. The van der Waals surface area contributed by atoms with Gasteiger partial charge in [-0.25, -0.2) is 9.97 Å². The van der Waals surface area contributed by atoms with Gasteiger partial charge in [-0.3, -0.25) is 4.79 Å². The number of nitrogens with zero attached hydrogens (tertiary/aromatic N) is 3. The van der Waals surface area contributed by atoms with E-state index in [9.17, 15) is 4.79 Å². The summed E-state index contributed by atoms with van der Waals surface area (Å²) >= 11 is 6.19. The van der Waals surface area contributed by atoms with Crippen molar-refractivity contribution < 1.29 is 9.53 Å². The van der Waals surface area contributed by atoms with Crippen LogP contribution < -0.4 is 15.0 Å². The van der Waals surface area contributed by atoms with Crippen LogP contribution in [0, 0.1) is 5.92 Å². The number of benzene rings is 2. The predicted molar refractivity (Wildman–Crippen MR) is 124 cm³/mol. The van der Waals surface area contributed by atoms with E-state index in [2.05, 4.69) is 17.1 Å². The molecule has 0 unspecified atom stereocenters. The van der Waals surface area contributed by atoms with Gasteiger partial charge in [-0.05, 0) is 43.0 Å². The van der Waals surface area contributed by atoms with Crippen molar-refractivity contribution >= 4 is 34.4 Å². The fourth-order valence-electron chi connectivity index (χ4n) is 3.80. The van der Waals surface area contributed by atoms with Crippen LogP contribution in [0.15, 0.2) is 48.5 Å². The Bertz CT molecular complexity index is 1050. The van der Waals surface area contributed by atoms with Gasteiger partial charge in [0.1, 0.15) is 0 Å². The average molecular weight is 439 g/mol. The van der Waals surface area contributed by atoms with E-state index < -0.39 is 0 Å². The molecule has 1 fully saturated rings. The first-order valence-electron chi connectivity index (χ1n) is 10.8. The highest BCUT2D eigenvalue weighted by molar-refractivity contribution is 6.31. The number of rotatable bonds is 7. The molecule has 6 nitrogen and oxygen atoms in total. The van der Waals surface area contributed by atoms with E-state index in [0.29, 0.717) is 24.1 Å². The van der Waals surface area contributed by atoms with Gasteiger partial charge >= 0.3 is 0 Å². The summed E-state index contributed by atoms with van der Waals surface area (Å²) in [6, 6.07) is 15.4. The second-order valence-corrected chi connectivity index (χ2v) is 8.17. The lowest BCUT2D eigenvalue weighted by Crippen LogP contribution is -2.41. The molecular weight excluding hydrogens is 412 g/mol. The highest BCUT2D eigenvalue weighted by atomic mass is 35.5. The third-order valence-electron chi connectivity index (χ3n) is 5.54. The van der Waals surface area contributed by atoms with Gasteiger partial charge in [0, 0.05) is 30.6 Å². The zero-order valence-electron chi connectivity index (χ0n) is 17.7. The van der Waals surface area contributed by atoms with Gasteiger partial charge in [0.2, 0.25) is 5.91 Å². The molecule has 0 bridgehead atoms. The third kappa shape index (κ3) is 5.07. The molecule has 2 aromatic carbocycles. The van der Waals surface area contributed by atoms with Gasteiger partial charge in [-0.2, -0.15) is 0 Å². The number of halogens is 1. The lowest BCUT2D eigenvalue weighted by Gasteiger charge is -2.32. The molecule has 3 aromatic rings. The molecule has 2 heterocycles. The Morgan fingerprint density at radius 1 is 1.10 bits per heavy atom. The number of carbonyl (C=O) groups is 1. The average Bonchev–Trinajstić information content (AvgIpc) is 2.81. The van der Waals surface area contributed by atoms with Crippen LogP contribution in [0.3, 0.4) is 0 Å². The molecule has 1 aromatic heterocycles. The normalized spacial score (nSPS) is 14.6. The summed E-state index contributed by atoms with van der Waals surface area (Å²) in [6.45, 7) is 4.59. The van der Waals surface area contributed by atoms with Crippen LogP contribution in [0.25, 0.3) is 11.0 Å². The van der Waals surface area contributed by atoms with Crippen LogP contribution >= 0.6 is 11.6 Å². The van der Waals surface area contributed by atoms with Crippen LogP contribution in [0.5, 0.6) is 5.88 Å². The topological polar surface area (TPSA) is 67.4 Å². The van der Waals surface area contributed by atoms with Gasteiger partial charge in [0.15, 0.2) is 5.82 Å². The number of ether oxygens (including phenoxy) is 1. The summed E-state index contributed by atoms with van der Waals surface area (Å²) in [5.41, 5.74) is 2.60. The van der Waals surface area contributed by atoms with Gasteiger partial charge < -0.3 is 15.0 Å². The van der Waals surface area contributed by atoms with Crippen molar-refractivity contribution in [2.75, 3.05) is 24.6 Å². The molecule has 0 saturated carbocycles. The zero-order chi connectivity index (χ0) is 21.6. The van der Waals surface area contributed by atoms with Gasteiger partial charge in [-0.1, -0.05) is 48.9 Å². The SMILES string of the molecule is CCCOc1nc2ccccc2nc1N1CCC(C(=O)NCc2ccccc2Cl)CC1. The summed E-state index contributed by atoms with van der Waals surface area (Å²) in [5.74, 6) is 1.39.